The topological polar surface area (TPSA) is 92.8 Å². The van der Waals surface area contributed by atoms with Crippen molar-refractivity contribution in [3.05, 3.63) is 59.0 Å². The number of carbonyl (C=O) groups is 2. The van der Waals surface area contributed by atoms with Gasteiger partial charge < -0.3 is 10.1 Å². The first-order valence-electron chi connectivity index (χ1n) is 10.3. The molecule has 3 rings (SSSR count). The first-order chi connectivity index (χ1) is 15.3. The van der Waals surface area contributed by atoms with Gasteiger partial charge in [0.15, 0.2) is 0 Å². The Balaban J connectivity index is 1.87. The highest BCUT2D eigenvalue weighted by molar-refractivity contribution is 7.89. The van der Waals surface area contributed by atoms with Crippen molar-refractivity contribution in [3.8, 4) is 0 Å². The summed E-state index contributed by atoms with van der Waals surface area (Å²) in [6.45, 7) is 4.65. The maximum Gasteiger partial charge on any atom is 0.350 e. The van der Waals surface area contributed by atoms with Gasteiger partial charge in [0, 0.05) is 28.7 Å². The lowest BCUT2D eigenvalue weighted by Crippen LogP contribution is -2.31. The van der Waals surface area contributed by atoms with Gasteiger partial charge in [0.2, 0.25) is 10.0 Å². The van der Waals surface area contributed by atoms with Gasteiger partial charge in [-0.2, -0.15) is 4.31 Å². The molecule has 0 aliphatic rings. The molecule has 1 heterocycles. The third-order valence-corrected chi connectivity index (χ3v) is 8.21. The van der Waals surface area contributed by atoms with Crippen LogP contribution in [0.15, 0.2) is 53.4 Å². The first-order valence-corrected chi connectivity index (χ1v) is 12.6. The zero-order valence-corrected chi connectivity index (χ0v) is 19.9. The number of benzene rings is 2. The van der Waals surface area contributed by atoms with Gasteiger partial charge in [-0.05, 0) is 36.8 Å². The van der Waals surface area contributed by atoms with E-state index < -0.39 is 21.9 Å². The number of hydrogen-bond donors (Lipinski definition) is 1. The predicted octanol–water partition coefficient (Wildman–Crippen LogP) is 4.75. The van der Waals surface area contributed by atoms with Gasteiger partial charge in [0.1, 0.15) is 4.88 Å². The Hall–Kier alpha value is -2.75. The van der Waals surface area contributed by atoms with E-state index in [0.29, 0.717) is 23.7 Å². The van der Waals surface area contributed by atoms with Crippen molar-refractivity contribution >= 4 is 49.0 Å². The number of anilines is 1. The average Bonchev–Trinajstić information content (AvgIpc) is 3.17. The maximum absolute atomic E-state index is 12.9. The number of esters is 1. The third kappa shape index (κ3) is 4.85. The molecule has 1 amide bonds. The molecule has 32 heavy (non-hydrogen) atoms. The van der Waals surface area contributed by atoms with Crippen LogP contribution in [0.25, 0.3) is 10.1 Å². The monoisotopic (exact) mass is 474 g/mol. The molecule has 2 aromatic carbocycles. The van der Waals surface area contributed by atoms with Crippen molar-refractivity contribution < 1.29 is 22.7 Å². The van der Waals surface area contributed by atoms with Crippen LogP contribution in [0.3, 0.4) is 0 Å². The summed E-state index contributed by atoms with van der Waals surface area (Å²) >= 11 is 1.24. The van der Waals surface area contributed by atoms with Crippen molar-refractivity contribution in [3.63, 3.8) is 0 Å². The number of unbranched alkanes of at least 4 members (excludes halogenated alkanes) is 1. The Kier molecular flexibility index (Phi) is 7.65. The number of nitrogens with zero attached hydrogens (tertiary/aromatic N) is 1. The molecule has 0 radical (unpaired) electrons. The largest absolute Gasteiger partial charge is 0.465 e. The molecule has 0 atom stereocenters. The second-order valence-corrected chi connectivity index (χ2v) is 10.1. The Labute approximate surface area is 192 Å². The summed E-state index contributed by atoms with van der Waals surface area (Å²) in [6, 6.07) is 13.2. The van der Waals surface area contributed by atoms with Gasteiger partial charge in [0.25, 0.3) is 5.91 Å². The van der Waals surface area contributed by atoms with Gasteiger partial charge >= 0.3 is 5.97 Å². The van der Waals surface area contributed by atoms with Gasteiger partial charge in [-0.3, -0.25) is 4.79 Å². The fourth-order valence-electron chi connectivity index (χ4n) is 3.30. The van der Waals surface area contributed by atoms with E-state index in [2.05, 4.69) is 5.32 Å². The van der Waals surface area contributed by atoms with E-state index in [0.717, 1.165) is 22.9 Å². The van der Waals surface area contributed by atoms with Crippen LogP contribution in [0.1, 0.15) is 46.7 Å². The molecule has 0 saturated heterocycles. The molecule has 0 fully saturated rings. The van der Waals surface area contributed by atoms with Gasteiger partial charge in [-0.15, -0.1) is 11.3 Å². The predicted molar refractivity (Wildman–Crippen MR) is 127 cm³/mol. The summed E-state index contributed by atoms with van der Waals surface area (Å²) in [4.78, 5) is 25.5. The fraction of sp³-hybridized carbons (Fsp3) is 0.304. The Morgan fingerprint density at radius 3 is 2.38 bits per heavy atom. The second kappa shape index (κ2) is 10.2. The van der Waals surface area contributed by atoms with E-state index in [-0.39, 0.29) is 10.5 Å². The standard InChI is InChI=1S/C23H26N2O5S2/c1-4-6-15-25(5-2)32(28,29)17-13-11-16(12-14-17)22(26)24-20-18-9-7-8-10-19(18)31-21(20)23(27)30-3/h7-14H,4-6,15H2,1-3H3,(H,24,26). The summed E-state index contributed by atoms with van der Waals surface area (Å²) in [6.07, 6.45) is 1.68. The minimum absolute atomic E-state index is 0.142. The SMILES string of the molecule is CCCCN(CC)S(=O)(=O)c1ccc(C(=O)Nc2c(C(=O)OC)sc3ccccc23)cc1. The van der Waals surface area contributed by atoms with Crippen LogP contribution in [0.4, 0.5) is 5.69 Å². The molecule has 0 saturated carbocycles. The lowest BCUT2D eigenvalue weighted by Gasteiger charge is -2.20. The molecule has 170 valence electrons. The van der Waals surface area contributed by atoms with Crippen molar-refractivity contribution in [1.82, 2.24) is 4.31 Å². The molecular weight excluding hydrogens is 448 g/mol. The highest BCUT2D eigenvalue weighted by atomic mass is 32.2. The summed E-state index contributed by atoms with van der Waals surface area (Å²) in [5.74, 6) is -0.976. The zero-order chi connectivity index (χ0) is 23.3. The van der Waals surface area contributed by atoms with Gasteiger partial charge in [-0.25, -0.2) is 13.2 Å². The first kappa shape index (κ1) is 23.9. The van der Waals surface area contributed by atoms with Gasteiger partial charge in [0.05, 0.1) is 17.7 Å². The summed E-state index contributed by atoms with van der Waals surface area (Å²) in [5, 5.41) is 3.53. The van der Waals surface area contributed by atoms with Crippen molar-refractivity contribution in [2.45, 2.75) is 31.6 Å². The van der Waals surface area contributed by atoms with E-state index in [1.807, 2.05) is 31.2 Å². The van der Waals surface area contributed by atoms with Crippen LogP contribution in [0, 0.1) is 0 Å². The van der Waals surface area contributed by atoms with E-state index >= 15 is 0 Å². The summed E-state index contributed by atoms with van der Waals surface area (Å²) < 4.78 is 32.9. The lowest BCUT2D eigenvalue weighted by molar-refractivity contribution is 0.0607. The van der Waals surface area contributed by atoms with Crippen LogP contribution in [0.2, 0.25) is 0 Å². The number of sulfonamides is 1. The molecule has 0 aliphatic carbocycles. The van der Waals surface area contributed by atoms with Crippen LogP contribution < -0.4 is 5.32 Å². The molecule has 1 aromatic heterocycles. The summed E-state index contributed by atoms with van der Waals surface area (Å²) in [7, 11) is -2.33. The lowest BCUT2D eigenvalue weighted by atomic mass is 10.2. The minimum Gasteiger partial charge on any atom is -0.465 e. The van der Waals surface area contributed by atoms with Crippen molar-refractivity contribution in [2.24, 2.45) is 0 Å². The van der Waals surface area contributed by atoms with Crippen molar-refractivity contribution in [1.29, 1.82) is 0 Å². The number of hydrogen-bond acceptors (Lipinski definition) is 6. The smallest absolute Gasteiger partial charge is 0.350 e. The van der Waals surface area contributed by atoms with Crippen LogP contribution in [0.5, 0.6) is 0 Å². The van der Waals surface area contributed by atoms with E-state index in [9.17, 15) is 18.0 Å². The molecule has 3 aromatic rings. The number of thiophene rings is 1. The highest BCUT2D eigenvalue weighted by Crippen LogP contribution is 2.36. The number of carbonyl (C=O) groups excluding carboxylic acids is 2. The normalized spacial score (nSPS) is 11.6. The number of fused-ring (bicyclic) bond motifs is 1. The molecule has 0 unspecified atom stereocenters. The molecule has 1 N–H and O–H groups in total. The molecule has 0 spiro atoms. The van der Waals surface area contributed by atoms with Crippen LogP contribution in [-0.2, 0) is 14.8 Å². The third-order valence-electron chi connectivity index (χ3n) is 5.07. The molecule has 0 aliphatic heterocycles. The quantitative estimate of drug-likeness (QED) is 0.452. The average molecular weight is 475 g/mol. The minimum atomic E-state index is -3.62. The number of nitrogens with one attached hydrogen (secondary N) is 1. The number of methoxy groups -OCH3 is 1. The fourth-order valence-corrected chi connectivity index (χ4v) is 5.87. The summed E-state index contributed by atoms with van der Waals surface area (Å²) in [5.41, 5.74) is 0.669. The Bertz CT molecular complexity index is 1220. The van der Waals surface area contributed by atoms with E-state index in [1.165, 1.54) is 47.0 Å². The van der Waals surface area contributed by atoms with Gasteiger partial charge in [-0.1, -0.05) is 38.5 Å². The second-order valence-electron chi connectivity index (χ2n) is 7.12. The molecule has 9 heteroatoms. The van der Waals surface area contributed by atoms with Crippen LogP contribution in [-0.4, -0.2) is 44.8 Å². The van der Waals surface area contributed by atoms with Crippen LogP contribution >= 0.6 is 11.3 Å². The molecule has 7 nitrogen and oxygen atoms in total. The Morgan fingerprint density at radius 1 is 1.06 bits per heavy atom. The molecular formula is C23H26N2O5S2. The van der Waals surface area contributed by atoms with E-state index in [1.54, 1.807) is 6.92 Å². The highest BCUT2D eigenvalue weighted by Gasteiger charge is 2.24. The number of rotatable bonds is 9. The number of ether oxygens (including phenoxy) is 1. The van der Waals surface area contributed by atoms with E-state index in [4.69, 9.17) is 4.74 Å². The number of amides is 1. The maximum atomic E-state index is 12.9. The zero-order valence-electron chi connectivity index (χ0n) is 18.3. The molecule has 0 bridgehead atoms. The van der Waals surface area contributed by atoms with Crippen molar-refractivity contribution in [2.75, 3.05) is 25.5 Å². The Morgan fingerprint density at radius 2 is 1.75 bits per heavy atom.